The van der Waals surface area contributed by atoms with Gasteiger partial charge in [-0.1, -0.05) is 46.4 Å². The standard InChI is InChI=1S/C20H17Cl4NO6/c1-28-10-6-12(21)17(23)15(8-10)30-19(26)14-4-3-5-25(14)20(27)31-16-9-11(29-2)7-13(22)18(16)24/h6-9,14H,3-5H2,1-2H3. The molecule has 1 heterocycles. The lowest BCUT2D eigenvalue weighted by molar-refractivity contribution is -0.138. The Morgan fingerprint density at radius 1 is 0.871 bits per heavy atom. The molecule has 0 aromatic heterocycles. The lowest BCUT2D eigenvalue weighted by Gasteiger charge is -2.23. The summed E-state index contributed by atoms with van der Waals surface area (Å²) in [6, 6.07) is 4.95. The quantitative estimate of drug-likeness (QED) is 0.370. The summed E-state index contributed by atoms with van der Waals surface area (Å²) in [5, 5.41) is 0.425. The highest BCUT2D eigenvalue weighted by Gasteiger charge is 2.37. The number of methoxy groups -OCH3 is 2. The molecule has 0 radical (unpaired) electrons. The molecule has 1 aliphatic rings. The van der Waals surface area contributed by atoms with Crippen molar-refractivity contribution in [3.05, 3.63) is 44.4 Å². The van der Waals surface area contributed by atoms with Gasteiger partial charge in [-0.15, -0.1) is 0 Å². The predicted octanol–water partition coefficient (Wildman–Crippen LogP) is 5.89. The number of hydrogen-bond acceptors (Lipinski definition) is 6. The maximum Gasteiger partial charge on any atom is 0.416 e. The van der Waals surface area contributed by atoms with E-state index in [1.54, 1.807) is 0 Å². The average Bonchev–Trinajstić information content (AvgIpc) is 3.24. The van der Waals surface area contributed by atoms with E-state index in [9.17, 15) is 9.59 Å². The summed E-state index contributed by atoms with van der Waals surface area (Å²) in [7, 11) is 2.88. The van der Waals surface area contributed by atoms with Crippen LogP contribution >= 0.6 is 46.4 Å². The minimum absolute atomic E-state index is 0.0117. The number of benzene rings is 2. The number of hydrogen-bond donors (Lipinski definition) is 0. The largest absolute Gasteiger partial charge is 0.497 e. The van der Waals surface area contributed by atoms with Gasteiger partial charge in [-0.05, 0) is 12.8 Å². The second-order valence-corrected chi connectivity index (χ2v) is 8.05. The molecule has 31 heavy (non-hydrogen) atoms. The maximum atomic E-state index is 12.8. The molecule has 1 fully saturated rings. The number of halogens is 4. The van der Waals surface area contributed by atoms with Crippen LogP contribution in [-0.2, 0) is 4.79 Å². The topological polar surface area (TPSA) is 74.3 Å². The number of ether oxygens (including phenoxy) is 4. The van der Waals surface area contributed by atoms with E-state index in [0.29, 0.717) is 30.9 Å². The van der Waals surface area contributed by atoms with Crippen LogP contribution in [0.2, 0.25) is 20.1 Å². The van der Waals surface area contributed by atoms with Crippen molar-refractivity contribution >= 4 is 58.5 Å². The monoisotopic (exact) mass is 507 g/mol. The fourth-order valence-electron chi connectivity index (χ4n) is 3.02. The number of likely N-dealkylation sites (tertiary alicyclic amines) is 1. The number of rotatable bonds is 5. The second kappa shape index (κ2) is 10.0. The van der Waals surface area contributed by atoms with Crippen molar-refractivity contribution in [3.8, 4) is 23.0 Å². The van der Waals surface area contributed by atoms with Gasteiger partial charge in [0.25, 0.3) is 0 Å². The first-order valence-electron chi connectivity index (χ1n) is 9.01. The smallest absolute Gasteiger partial charge is 0.416 e. The van der Waals surface area contributed by atoms with Crippen molar-refractivity contribution in [1.82, 2.24) is 4.90 Å². The van der Waals surface area contributed by atoms with E-state index in [0.717, 1.165) is 0 Å². The molecule has 11 heteroatoms. The Morgan fingerprint density at radius 2 is 1.39 bits per heavy atom. The maximum absolute atomic E-state index is 12.8. The zero-order valence-corrected chi connectivity index (χ0v) is 19.4. The summed E-state index contributed by atoms with van der Waals surface area (Å²) in [6.45, 7) is 0.292. The number of carbonyl (C=O) groups excluding carboxylic acids is 2. The highest BCUT2D eigenvalue weighted by Crippen LogP contribution is 2.38. The van der Waals surface area contributed by atoms with Gasteiger partial charge >= 0.3 is 12.1 Å². The van der Waals surface area contributed by atoms with E-state index in [4.69, 9.17) is 65.4 Å². The van der Waals surface area contributed by atoms with Crippen molar-refractivity contribution in [3.63, 3.8) is 0 Å². The van der Waals surface area contributed by atoms with Gasteiger partial charge < -0.3 is 18.9 Å². The van der Waals surface area contributed by atoms with E-state index < -0.39 is 18.1 Å². The summed E-state index contributed by atoms with van der Waals surface area (Å²) in [5.74, 6) is 0.0792. The normalized spacial score (nSPS) is 15.5. The Morgan fingerprint density at radius 3 is 1.90 bits per heavy atom. The van der Waals surface area contributed by atoms with Gasteiger partial charge in [-0.2, -0.15) is 0 Å². The third-order valence-electron chi connectivity index (χ3n) is 4.58. The van der Waals surface area contributed by atoms with Crippen LogP contribution in [0.3, 0.4) is 0 Å². The summed E-state index contributed by atoms with van der Waals surface area (Å²) < 4.78 is 21.0. The molecule has 3 rings (SSSR count). The van der Waals surface area contributed by atoms with E-state index in [1.165, 1.54) is 43.4 Å². The molecule has 1 amide bonds. The molecule has 2 aromatic rings. The van der Waals surface area contributed by atoms with Crippen LogP contribution in [0.25, 0.3) is 0 Å². The van der Waals surface area contributed by atoms with Crippen LogP contribution in [0, 0.1) is 0 Å². The van der Waals surface area contributed by atoms with Crippen LogP contribution in [0.4, 0.5) is 4.79 Å². The lowest BCUT2D eigenvalue weighted by atomic mass is 10.2. The van der Waals surface area contributed by atoms with Gasteiger partial charge in [0.15, 0.2) is 11.5 Å². The van der Waals surface area contributed by atoms with Crippen LogP contribution in [0.5, 0.6) is 23.0 Å². The van der Waals surface area contributed by atoms with Gasteiger partial charge in [-0.3, -0.25) is 4.90 Å². The van der Waals surface area contributed by atoms with Crippen LogP contribution in [0.1, 0.15) is 12.8 Å². The molecule has 0 spiro atoms. The van der Waals surface area contributed by atoms with Gasteiger partial charge in [0, 0.05) is 30.8 Å². The zero-order chi connectivity index (χ0) is 22.7. The van der Waals surface area contributed by atoms with E-state index in [2.05, 4.69) is 0 Å². The number of carbonyl (C=O) groups is 2. The van der Waals surface area contributed by atoms with Crippen molar-refractivity contribution in [2.24, 2.45) is 0 Å². The summed E-state index contributed by atoms with van der Waals surface area (Å²) >= 11 is 24.3. The van der Waals surface area contributed by atoms with Crippen molar-refractivity contribution in [1.29, 1.82) is 0 Å². The molecule has 2 aromatic carbocycles. The summed E-state index contributed by atoms with van der Waals surface area (Å²) in [5.41, 5.74) is 0. The van der Waals surface area contributed by atoms with Crippen molar-refractivity contribution in [2.45, 2.75) is 18.9 Å². The summed E-state index contributed by atoms with van der Waals surface area (Å²) in [6.07, 6.45) is 0.185. The number of esters is 1. The molecule has 1 atom stereocenters. The van der Waals surface area contributed by atoms with Crippen molar-refractivity contribution in [2.75, 3.05) is 20.8 Å². The second-order valence-electron chi connectivity index (χ2n) is 6.48. The Labute approximate surface area is 198 Å². The number of nitrogens with zero attached hydrogens (tertiary/aromatic N) is 1. The molecule has 0 bridgehead atoms. The molecule has 1 saturated heterocycles. The van der Waals surface area contributed by atoms with Gasteiger partial charge in [0.2, 0.25) is 0 Å². The molecule has 0 N–H and O–H groups in total. The molecule has 7 nitrogen and oxygen atoms in total. The van der Waals surface area contributed by atoms with E-state index in [1.807, 2.05) is 0 Å². The third-order valence-corrected chi connectivity index (χ3v) is 6.14. The lowest BCUT2D eigenvalue weighted by Crippen LogP contribution is -2.43. The van der Waals surface area contributed by atoms with Gasteiger partial charge in [0.1, 0.15) is 27.6 Å². The number of amides is 1. The van der Waals surface area contributed by atoms with Gasteiger partial charge in [-0.25, -0.2) is 9.59 Å². The van der Waals surface area contributed by atoms with Crippen LogP contribution in [-0.4, -0.2) is 43.8 Å². The van der Waals surface area contributed by atoms with Crippen molar-refractivity contribution < 1.29 is 28.5 Å². The Hall–Kier alpha value is -2.06. The molecule has 1 unspecified atom stereocenters. The fourth-order valence-corrected chi connectivity index (χ4v) is 3.72. The fraction of sp³-hybridized carbons (Fsp3) is 0.300. The first-order chi connectivity index (χ1) is 14.7. The predicted molar refractivity (Wildman–Crippen MR) is 117 cm³/mol. The molecule has 0 saturated carbocycles. The minimum atomic E-state index is -0.881. The average molecular weight is 509 g/mol. The Balaban J connectivity index is 1.77. The molecule has 1 aliphatic heterocycles. The first kappa shape index (κ1) is 23.6. The molecule has 0 aliphatic carbocycles. The Bertz CT molecular complexity index is 936. The molecular formula is C20H17Cl4NO6. The van der Waals surface area contributed by atoms with E-state index >= 15 is 0 Å². The SMILES string of the molecule is COc1cc(Cl)c(Cl)c(OC(=O)C2CCCN2C(=O)Oc2cc(OC)cc(Cl)c2Cl)c1. The zero-order valence-electron chi connectivity index (χ0n) is 16.4. The third kappa shape index (κ3) is 5.23. The van der Waals surface area contributed by atoms with Crippen LogP contribution in [0.15, 0.2) is 24.3 Å². The van der Waals surface area contributed by atoms with E-state index in [-0.39, 0.29) is 31.6 Å². The first-order valence-corrected chi connectivity index (χ1v) is 10.5. The molecular weight excluding hydrogens is 492 g/mol. The highest BCUT2D eigenvalue weighted by atomic mass is 35.5. The summed E-state index contributed by atoms with van der Waals surface area (Å²) in [4.78, 5) is 26.8. The Kier molecular flexibility index (Phi) is 7.64. The minimum Gasteiger partial charge on any atom is -0.497 e. The molecule has 166 valence electrons. The van der Waals surface area contributed by atoms with Crippen LogP contribution < -0.4 is 18.9 Å². The highest BCUT2D eigenvalue weighted by molar-refractivity contribution is 6.43. The van der Waals surface area contributed by atoms with Gasteiger partial charge in [0.05, 0.1) is 24.3 Å².